The Morgan fingerprint density at radius 2 is 1.68 bits per heavy atom. The summed E-state index contributed by atoms with van der Waals surface area (Å²) in [7, 11) is 0. The predicted octanol–water partition coefficient (Wildman–Crippen LogP) is 4.17. The Morgan fingerprint density at radius 1 is 1.06 bits per heavy atom. The lowest BCUT2D eigenvalue weighted by molar-refractivity contribution is -0.119. The number of benzene rings is 2. The molecule has 2 aromatic carbocycles. The van der Waals surface area contributed by atoms with Crippen LogP contribution in [0.25, 0.3) is 0 Å². The molecule has 0 aromatic heterocycles. The minimum atomic E-state index is -0.993. The van der Waals surface area contributed by atoms with E-state index >= 15 is 0 Å². The quantitative estimate of drug-likeness (QED) is 0.654. The van der Waals surface area contributed by atoms with Gasteiger partial charge in [0.2, 0.25) is 5.91 Å². The number of thioether (sulfide) groups is 1. The van der Waals surface area contributed by atoms with Crippen molar-refractivity contribution in [2.45, 2.75) is 19.5 Å². The summed E-state index contributed by atoms with van der Waals surface area (Å²) in [5, 5.41) is 3.20. The van der Waals surface area contributed by atoms with Gasteiger partial charge < -0.3 is 5.32 Å². The number of amides is 3. The Kier molecular flexibility index (Phi) is 6.57. The smallest absolute Gasteiger partial charge is 0.262 e. The monoisotopic (exact) mass is 477 g/mol. The second-order valence-corrected chi connectivity index (χ2v) is 9.59. The fraction of sp³-hybridized carbons (Fsp3) is 0.318. The second kappa shape index (κ2) is 9.20. The van der Waals surface area contributed by atoms with Crippen LogP contribution in [0, 0.1) is 0 Å². The number of fused-ring (bicyclic) bond motifs is 1. The van der Waals surface area contributed by atoms with Gasteiger partial charge in [-0.3, -0.25) is 24.2 Å². The van der Waals surface area contributed by atoms with Crippen molar-refractivity contribution in [1.82, 2.24) is 9.80 Å². The van der Waals surface area contributed by atoms with Crippen LogP contribution < -0.4 is 5.32 Å². The highest BCUT2D eigenvalue weighted by Crippen LogP contribution is 2.32. The van der Waals surface area contributed by atoms with E-state index in [1.807, 2.05) is 30.0 Å². The molecule has 2 heterocycles. The van der Waals surface area contributed by atoms with E-state index in [2.05, 4.69) is 10.2 Å². The molecule has 2 aromatic rings. The first-order valence-electron chi connectivity index (χ1n) is 9.92. The van der Waals surface area contributed by atoms with Crippen molar-refractivity contribution in [1.29, 1.82) is 0 Å². The van der Waals surface area contributed by atoms with E-state index in [4.69, 9.17) is 23.2 Å². The average molecular weight is 478 g/mol. The summed E-state index contributed by atoms with van der Waals surface area (Å²) in [4.78, 5) is 41.7. The third-order valence-corrected chi connectivity index (χ3v) is 7.09. The zero-order chi connectivity index (χ0) is 22.1. The number of rotatable bonds is 5. The van der Waals surface area contributed by atoms with Crippen molar-refractivity contribution in [3.63, 3.8) is 0 Å². The van der Waals surface area contributed by atoms with Gasteiger partial charge in [0, 0.05) is 36.8 Å². The highest BCUT2D eigenvalue weighted by Gasteiger charge is 2.41. The van der Waals surface area contributed by atoms with Gasteiger partial charge in [-0.15, -0.1) is 0 Å². The predicted molar refractivity (Wildman–Crippen MR) is 124 cm³/mol. The summed E-state index contributed by atoms with van der Waals surface area (Å²) in [6, 6.07) is 9.38. The van der Waals surface area contributed by atoms with Gasteiger partial charge in [-0.05, 0) is 36.8 Å². The molecule has 1 atom stereocenters. The minimum Gasteiger partial charge on any atom is -0.324 e. The van der Waals surface area contributed by atoms with Crippen LogP contribution in [-0.2, 0) is 11.3 Å². The van der Waals surface area contributed by atoms with E-state index in [9.17, 15) is 14.4 Å². The highest BCUT2D eigenvalue weighted by atomic mass is 35.5. The summed E-state index contributed by atoms with van der Waals surface area (Å²) >= 11 is 13.9. The number of imide groups is 1. The van der Waals surface area contributed by atoms with Crippen LogP contribution in [0.4, 0.5) is 5.69 Å². The van der Waals surface area contributed by atoms with Crippen molar-refractivity contribution in [2.75, 3.05) is 29.9 Å². The Balaban J connectivity index is 1.46. The lowest BCUT2D eigenvalue weighted by Crippen LogP contribution is -2.45. The van der Waals surface area contributed by atoms with Gasteiger partial charge in [0.25, 0.3) is 11.8 Å². The largest absolute Gasteiger partial charge is 0.324 e. The molecule has 6 nitrogen and oxygen atoms in total. The molecule has 9 heteroatoms. The summed E-state index contributed by atoms with van der Waals surface area (Å²) in [6.07, 6.45) is 0. The summed E-state index contributed by atoms with van der Waals surface area (Å²) in [5.41, 5.74) is 2.03. The molecule has 162 valence electrons. The Labute approximate surface area is 194 Å². The first-order chi connectivity index (χ1) is 14.8. The van der Waals surface area contributed by atoms with E-state index < -0.39 is 23.8 Å². The summed E-state index contributed by atoms with van der Waals surface area (Å²) in [5.74, 6) is 0.698. The first-order valence-corrected chi connectivity index (χ1v) is 11.8. The maximum atomic E-state index is 12.9. The second-order valence-electron chi connectivity index (χ2n) is 7.55. The SMILES string of the molecule is CC(C(=O)Nc1cccc(CN2CCSCC2)c1)N1C(=O)c2cc(Cl)c(Cl)cc2C1=O. The van der Waals surface area contributed by atoms with Crippen molar-refractivity contribution < 1.29 is 14.4 Å². The molecule has 1 N–H and O–H groups in total. The molecule has 2 aliphatic rings. The molecule has 0 aliphatic carbocycles. The van der Waals surface area contributed by atoms with Crippen LogP contribution in [0.15, 0.2) is 36.4 Å². The number of nitrogens with zero attached hydrogens (tertiary/aromatic N) is 2. The Hall–Kier alpha value is -2.06. The van der Waals surface area contributed by atoms with Crippen molar-refractivity contribution in [3.05, 3.63) is 63.1 Å². The van der Waals surface area contributed by atoms with Gasteiger partial charge in [0.05, 0.1) is 21.2 Å². The van der Waals surface area contributed by atoms with E-state index in [-0.39, 0.29) is 21.2 Å². The van der Waals surface area contributed by atoms with Gasteiger partial charge in [-0.2, -0.15) is 11.8 Å². The third kappa shape index (κ3) is 4.60. The number of nitrogens with one attached hydrogen (secondary N) is 1. The third-order valence-electron chi connectivity index (χ3n) is 5.43. The van der Waals surface area contributed by atoms with Crippen LogP contribution in [0.3, 0.4) is 0 Å². The van der Waals surface area contributed by atoms with E-state index in [0.29, 0.717) is 5.69 Å². The maximum Gasteiger partial charge on any atom is 0.262 e. The van der Waals surface area contributed by atoms with Crippen molar-refractivity contribution in [3.8, 4) is 0 Å². The van der Waals surface area contributed by atoms with Gasteiger partial charge in [0.15, 0.2) is 0 Å². The number of carbonyl (C=O) groups is 3. The van der Waals surface area contributed by atoms with E-state index in [0.717, 1.165) is 41.6 Å². The van der Waals surface area contributed by atoms with Gasteiger partial charge in [-0.1, -0.05) is 35.3 Å². The minimum absolute atomic E-state index is 0.153. The number of hydrogen-bond acceptors (Lipinski definition) is 5. The number of anilines is 1. The van der Waals surface area contributed by atoms with Crippen LogP contribution in [0.2, 0.25) is 10.0 Å². The van der Waals surface area contributed by atoms with Crippen molar-refractivity contribution in [2.24, 2.45) is 0 Å². The number of carbonyl (C=O) groups excluding carboxylic acids is 3. The molecule has 1 saturated heterocycles. The average Bonchev–Trinajstić information content (AvgIpc) is 2.98. The van der Waals surface area contributed by atoms with E-state index in [1.165, 1.54) is 19.1 Å². The molecule has 3 amide bonds. The molecule has 1 unspecified atom stereocenters. The molecule has 0 bridgehead atoms. The fourth-order valence-corrected chi connectivity index (χ4v) is 5.04. The summed E-state index contributed by atoms with van der Waals surface area (Å²) < 4.78 is 0. The van der Waals surface area contributed by atoms with Crippen LogP contribution >= 0.6 is 35.0 Å². The zero-order valence-corrected chi connectivity index (χ0v) is 19.2. The van der Waals surface area contributed by atoms with Crippen LogP contribution in [0.1, 0.15) is 33.2 Å². The Bertz CT molecular complexity index is 1020. The van der Waals surface area contributed by atoms with Crippen molar-refractivity contribution >= 4 is 58.4 Å². The van der Waals surface area contributed by atoms with Gasteiger partial charge in [-0.25, -0.2) is 0 Å². The topological polar surface area (TPSA) is 69.7 Å². The molecule has 4 rings (SSSR count). The zero-order valence-electron chi connectivity index (χ0n) is 16.9. The first kappa shape index (κ1) is 22.1. The van der Waals surface area contributed by atoms with E-state index in [1.54, 1.807) is 6.07 Å². The molecule has 0 saturated carbocycles. The lowest BCUT2D eigenvalue weighted by Gasteiger charge is -2.26. The maximum absolute atomic E-state index is 12.9. The molecule has 31 heavy (non-hydrogen) atoms. The molecule has 1 fully saturated rings. The standard InChI is InChI=1S/C22H21Cl2N3O3S/c1-13(27-21(29)16-10-18(23)19(24)11-17(16)22(27)30)20(28)25-15-4-2-3-14(9-15)12-26-5-7-31-8-6-26/h2-4,9-11,13H,5-8,12H2,1H3,(H,25,28). The fourth-order valence-electron chi connectivity index (χ4n) is 3.73. The highest BCUT2D eigenvalue weighted by molar-refractivity contribution is 7.99. The normalized spacial score (nSPS) is 17.6. The Morgan fingerprint density at radius 3 is 2.29 bits per heavy atom. The molecule has 0 spiro atoms. The molecule has 2 aliphatic heterocycles. The lowest BCUT2D eigenvalue weighted by atomic mass is 10.1. The van der Waals surface area contributed by atoms with Crippen LogP contribution in [0.5, 0.6) is 0 Å². The molecular weight excluding hydrogens is 457 g/mol. The number of hydrogen-bond donors (Lipinski definition) is 1. The molecule has 0 radical (unpaired) electrons. The molecular formula is C22H21Cl2N3O3S. The van der Waals surface area contributed by atoms with Gasteiger partial charge in [0.1, 0.15) is 6.04 Å². The summed E-state index contributed by atoms with van der Waals surface area (Å²) in [6.45, 7) is 4.44. The van der Waals surface area contributed by atoms with Gasteiger partial charge >= 0.3 is 0 Å². The number of halogens is 2. The van der Waals surface area contributed by atoms with Crippen LogP contribution in [-0.4, -0.2) is 58.2 Å².